The molecule has 1 atom stereocenters. The number of nitrogens with one attached hydrogen (secondary N) is 1. The van der Waals surface area contributed by atoms with E-state index in [1.54, 1.807) is 17.1 Å². The molecule has 144 valence electrons. The number of carbonyl (C=O) groups is 1. The number of benzene rings is 1. The maximum absolute atomic E-state index is 13.0. The highest BCUT2D eigenvalue weighted by molar-refractivity contribution is 5.95. The third kappa shape index (κ3) is 3.57. The van der Waals surface area contributed by atoms with Gasteiger partial charge in [-0.25, -0.2) is 9.67 Å². The van der Waals surface area contributed by atoms with Crippen molar-refractivity contribution < 1.29 is 4.79 Å². The SMILES string of the molecule is CC(C)c1c(C(=O)NC[C@@H]2CCCc3ccccc32)cnn1-c1ccccn1. The lowest BCUT2D eigenvalue weighted by Gasteiger charge is -2.25. The van der Waals surface area contributed by atoms with Crippen LogP contribution in [0.3, 0.4) is 0 Å². The van der Waals surface area contributed by atoms with Gasteiger partial charge in [-0.1, -0.05) is 44.2 Å². The number of amides is 1. The number of carbonyl (C=O) groups excluding carboxylic acids is 1. The molecule has 0 fully saturated rings. The Bertz CT molecular complexity index is 962. The molecule has 0 aliphatic heterocycles. The molecular weight excluding hydrogens is 348 g/mol. The zero-order chi connectivity index (χ0) is 19.5. The highest BCUT2D eigenvalue weighted by atomic mass is 16.1. The Morgan fingerprint density at radius 3 is 2.82 bits per heavy atom. The van der Waals surface area contributed by atoms with Gasteiger partial charge in [0.05, 0.1) is 17.5 Å². The van der Waals surface area contributed by atoms with Crippen LogP contribution in [0, 0.1) is 0 Å². The van der Waals surface area contributed by atoms with Gasteiger partial charge in [-0.05, 0) is 48.4 Å². The molecule has 0 unspecified atom stereocenters. The third-order valence-electron chi connectivity index (χ3n) is 5.47. The highest BCUT2D eigenvalue weighted by Gasteiger charge is 2.24. The summed E-state index contributed by atoms with van der Waals surface area (Å²) in [6.07, 6.45) is 6.82. The van der Waals surface area contributed by atoms with Gasteiger partial charge in [-0.15, -0.1) is 0 Å². The number of nitrogens with zero attached hydrogens (tertiary/aromatic N) is 3. The Balaban J connectivity index is 1.54. The molecule has 2 aromatic heterocycles. The molecule has 3 aromatic rings. The van der Waals surface area contributed by atoms with Crippen molar-refractivity contribution in [2.45, 2.75) is 44.9 Å². The molecule has 0 spiro atoms. The van der Waals surface area contributed by atoms with Crippen molar-refractivity contribution in [3.63, 3.8) is 0 Å². The molecule has 1 aliphatic carbocycles. The van der Waals surface area contributed by atoms with E-state index in [0.717, 1.165) is 24.4 Å². The smallest absolute Gasteiger partial charge is 0.254 e. The predicted octanol–water partition coefficient (Wildman–Crippen LogP) is 4.24. The maximum Gasteiger partial charge on any atom is 0.254 e. The molecule has 28 heavy (non-hydrogen) atoms. The minimum atomic E-state index is -0.0612. The summed E-state index contributed by atoms with van der Waals surface area (Å²) >= 11 is 0. The van der Waals surface area contributed by atoms with Crippen molar-refractivity contribution in [3.8, 4) is 5.82 Å². The summed E-state index contributed by atoms with van der Waals surface area (Å²) in [5.41, 5.74) is 4.31. The summed E-state index contributed by atoms with van der Waals surface area (Å²) in [7, 11) is 0. The first-order chi connectivity index (χ1) is 13.6. The van der Waals surface area contributed by atoms with Crippen molar-refractivity contribution in [1.29, 1.82) is 0 Å². The van der Waals surface area contributed by atoms with Gasteiger partial charge in [-0.3, -0.25) is 4.79 Å². The normalized spacial score (nSPS) is 16.0. The lowest BCUT2D eigenvalue weighted by Crippen LogP contribution is -2.30. The van der Waals surface area contributed by atoms with Crippen LogP contribution in [0.2, 0.25) is 0 Å². The Hall–Kier alpha value is -2.95. The quantitative estimate of drug-likeness (QED) is 0.727. The number of aryl methyl sites for hydroxylation is 1. The maximum atomic E-state index is 13.0. The van der Waals surface area contributed by atoms with Gasteiger partial charge in [0.15, 0.2) is 5.82 Å². The summed E-state index contributed by atoms with van der Waals surface area (Å²) < 4.78 is 1.77. The van der Waals surface area contributed by atoms with Crippen LogP contribution in [-0.4, -0.2) is 27.2 Å². The number of fused-ring (bicyclic) bond motifs is 1. The second-order valence-corrected chi connectivity index (χ2v) is 7.70. The standard InChI is InChI=1S/C23H26N4O/c1-16(2)22-20(15-26-27(22)21-12-5-6-13-24-21)23(28)25-14-18-10-7-9-17-8-3-4-11-19(17)18/h3-6,8,11-13,15-16,18H,7,9-10,14H2,1-2H3,(H,25,28)/t18-/m0/s1. The van der Waals surface area contributed by atoms with Gasteiger partial charge < -0.3 is 5.32 Å². The van der Waals surface area contributed by atoms with Crippen LogP contribution in [0.5, 0.6) is 0 Å². The first-order valence-electron chi connectivity index (χ1n) is 10.0. The van der Waals surface area contributed by atoms with Gasteiger partial charge in [0.1, 0.15) is 0 Å². The largest absolute Gasteiger partial charge is 0.351 e. The van der Waals surface area contributed by atoms with E-state index in [0.29, 0.717) is 18.0 Å². The van der Waals surface area contributed by atoms with Crippen molar-refractivity contribution in [1.82, 2.24) is 20.1 Å². The zero-order valence-corrected chi connectivity index (χ0v) is 16.4. The third-order valence-corrected chi connectivity index (χ3v) is 5.47. The molecule has 1 N–H and O–H groups in total. The summed E-state index contributed by atoms with van der Waals surface area (Å²) in [6, 6.07) is 14.3. The van der Waals surface area contributed by atoms with Crippen molar-refractivity contribution in [2.24, 2.45) is 0 Å². The minimum Gasteiger partial charge on any atom is -0.351 e. The average molecular weight is 374 g/mol. The van der Waals surface area contributed by atoms with Gasteiger partial charge >= 0.3 is 0 Å². The first-order valence-corrected chi connectivity index (χ1v) is 10.0. The van der Waals surface area contributed by atoms with Crippen LogP contribution in [0.4, 0.5) is 0 Å². The fourth-order valence-electron chi connectivity index (χ4n) is 4.13. The van der Waals surface area contributed by atoms with Crippen LogP contribution < -0.4 is 5.32 Å². The monoisotopic (exact) mass is 374 g/mol. The van der Waals surface area contributed by atoms with Crippen LogP contribution in [0.25, 0.3) is 5.82 Å². The van der Waals surface area contributed by atoms with E-state index in [1.807, 2.05) is 18.2 Å². The van der Waals surface area contributed by atoms with Gasteiger partial charge in [0.2, 0.25) is 0 Å². The molecule has 5 nitrogen and oxygen atoms in total. The lowest BCUT2D eigenvalue weighted by molar-refractivity contribution is 0.0949. The molecular formula is C23H26N4O. The number of rotatable bonds is 5. The fourth-order valence-corrected chi connectivity index (χ4v) is 4.13. The minimum absolute atomic E-state index is 0.0612. The van der Waals surface area contributed by atoms with E-state index in [1.165, 1.54) is 17.5 Å². The van der Waals surface area contributed by atoms with Gasteiger partial charge in [-0.2, -0.15) is 5.10 Å². The molecule has 1 amide bonds. The van der Waals surface area contributed by atoms with Crippen LogP contribution >= 0.6 is 0 Å². The molecule has 1 aliphatic rings. The van der Waals surface area contributed by atoms with E-state index in [-0.39, 0.29) is 11.8 Å². The molecule has 2 heterocycles. The van der Waals surface area contributed by atoms with E-state index >= 15 is 0 Å². The summed E-state index contributed by atoms with van der Waals surface area (Å²) in [5, 5.41) is 7.61. The molecule has 0 saturated carbocycles. The van der Waals surface area contributed by atoms with Crippen LogP contribution in [0.1, 0.15) is 65.7 Å². The Kier molecular flexibility index (Phi) is 5.24. The number of aromatic nitrogens is 3. The van der Waals surface area contributed by atoms with Crippen LogP contribution in [0.15, 0.2) is 54.9 Å². The number of pyridine rings is 1. The highest BCUT2D eigenvalue weighted by Crippen LogP contribution is 2.31. The lowest BCUT2D eigenvalue weighted by atomic mass is 9.83. The molecule has 0 saturated heterocycles. The van der Waals surface area contributed by atoms with Crippen molar-refractivity contribution >= 4 is 5.91 Å². The average Bonchev–Trinajstić information content (AvgIpc) is 3.18. The fraction of sp³-hybridized carbons (Fsp3) is 0.348. The van der Waals surface area contributed by atoms with Gasteiger partial charge in [0.25, 0.3) is 5.91 Å². The Morgan fingerprint density at radius 2 is 2.04 bits per heavy atom. The topological polar surface area (TPSA) is 59.8 Å². The number of hydrogen-bond acceptors (Lipinski definition) is 3. The molecule has 4 rings (SSSR count). The van der Waals surface area contributed by atoms with E-state index in [4.69, 9.17) is 0 Å². The second kappa shape index (κ2) is 7.97. The second-order valence-electron chi connectivity index (χ2n) is 7.70. The summed E-state index contributed by atoms with van der Waals surface area (Å²) in [6.45, 7) is 4.80. The van der Waals surface area contributed by atoms with Gasteiger partial charge in [0, 0.05) is 18.7 Å². The zero-order valence-electron chi connectivity index (χ0n) is 16.4. The van der Waals surface area contributed by atoms with E-state index in [2.05, 4.69) is 53.5 Å². The first kappa shape index (κ1) is 18.4. The molecule has 5 heteroatoms. The predicted molar refractivity (Wildman–Crippen MR) is 110 cm³/mol. The number of hydrogen-bond donors (Lipinski definition) is 1. The molecule has 0 radical (unpaired) electrons. The van der Waals surface area contributed by atoms with E-state index in [9.17, 15) is 4.79 Å². The van der Waals surface area contributed by atoms with Crippen molar-refractivity contribution in [3.05, 3.63) is 77.2 Å². The molecule has 0 bridgehead atoms. The van der Waals surface area contributed by atoms with Crippen molar-refractivity contribution in [2.75, 3.05) is 6.54 Å². The summed E-state index contributed by atoms with van der Waals surface area (Å²) in [4.78, 5) is 17.4. The van der Waals surface area contributed by atoms with Crippen LogP contribution in [-0.2, 0) is 6.42 Å². The summed E-state index contributed by atoms with van der Waals surface area (Å²) in [5.74, 6) is 1.20. The molecule has 1 aromatic carbocycles. The van der Waals surface area contributed by atoms with E-state index < -0.39 is 0 Å². The Labute approximate surface area is 165 Å². The Morgan fingerprint density at radius 1 is 1.21 bits per heavy atom.